The first-order valence-electron chi connectivity index (χ1n) is 6.61. The van der Waals surface area contributed by atoms with E-state index >= 15 is 0 Å². The summed E-state index contributed by atoms with van der Waals surface area (Å²) in [6, 6.07) is 5.73. The molecule has 2 N–H and O–H groups in total. The van der Waals surface area contributed by atoms with Crippen molar-refractivity contribution in [2.45, 2.75) is 23.8 Å². The number of hydrogen-bond donors (Lipinski definition) is 2. The Hall–Kier alpha value is -1.15. The number of nitrogens with one attached hydrogen (secondary N) is 2. The second-order valence-electron chi connectivity index (χ2n) is 4.72. The van der Waals surface area contributed by atoms with E-state index in [1.54, 1.807) is 0 Å². The number of carbonyl (C=O) groups excluding carboxylic acids is 1. The minimum Gasteiger partial charge on any atom is -0.376 e. The Balaban J connectivity index is 1.80. The molecular weight excluding hydrogens is 316 g/mol. The highest BCUT2D eigenvalue weighted by Crippen LogP contribution is 2.13. The average Bonchev–Trinajstić information content (AvgIpc) is 2.97. The summed E-state index contributed by atoms with van der Waals surface area (Å²) >= 11 is 5.70. The lowest BCUT2D eigenvalue weighted by atomic mass is 10.2. The lowest BCUT2D eigenvalue weighted by Crippen LogP contribution is -2.39. The van der Waals surface area contributed by atoms with E-state index in [4.69, 9.17) is 16.3 Å². The fourth-order valence-electron chi connectivity index (χ4n) is 1.95. The number of hydrogen-bond acceptors (Lipinski definition) is 4. The van der Waals surface area contributed by atoms with E-state index < -0.39 is 10.0 Å². The molecule has 116 valence electrons. The van der Waals surface area contributed by atoms with Crippen molar-refractivity contribution in [2.24, 2.45) is 0 Å². The van der Waals surface area contributed by atoms with Crippen LogP contribution in [0.4, 0.5) is 0 Å². The van der Waals surface area contributed by atoms with Gasteiger partial charge in [-0.25, -0.2) is 13.1 Å². The molecule has 0 aromatic heterocycles. The number of carbonyl (C=O) groups is 1. The fourth-order valence-corrected chi connectivity index (χ4v) is 3.06. The van der Waals surface area contributed by atoms with Crippen LogP contribution >= 0.6 is 11.6 Å². The van der Waals surface area contributed by atoms with Crippen LogP contribution in [0.1, 0.15) is 12.8 Å². The largest absolute Gasteiger partial charge is 0.376 e. The van der Waals surface area contributed by atoms with Gasteiger partial charge in [-0.1, -0.05) is 11.6 Å². The molecule has 1 amide bonds. The molecule has 1 aliphatic heterocycles. The maximum absolute atomic E-state index is 11.9. The van der Waals surface area contributed by atoms with Crippen LogP contribution in [-0.2, 0) is 19.6 Å². The second-order valence-corrected chi connectivity index (χ2v) is 6.92. The molecule has 1 aromatic carbocycles. The van der Waals surface area contributed by atoms with E-state index in [-0.39, 0.29) is 23.5 Å². The van der Waals surface area contributed by atoms with Gasteiger partial charge >= 0.3 is 0 Å². The van der Waals surface area contributed by atoms with Crippen molar-refractivity contribution in [3.8, 4) is 0 Å². The van der Waals surface area contributed by atoms with Gasteiger partial charge in [0.05, 0.1) is 17.5 Å². The van der Waals surface area contributed by atoms with Crippen LogP contribution in [-0.4, -0.2) is 40.1 Å². The van der Waals surface area contributed by atoms with E-state index in [0.29, 0.717) is 18.2 Å². The molecule has 6 nitrogen and oxygen atoms in total. The number of sulfonamides is 1. The standard InChI is InChI=1S/C13H17ClN2O4S/c14-10-3-5-12(6-4-10)21(18,19)16-9-13(17)15-8-11-2-1-7-20-11/h3-6,11,16H,1-2,7-9H2,(H,15,17)/t11-/m0/s1. The Morgan fingerprint density at radius 3 is 2.67 bits per heavy atom. The summed E-state index contributed by atoms with van der Waals surface area (Å²) in [5.41, 5.74) is 0. The van der Waals surface area contributed by atoms with E-state index in [1.807, 2.05) is 0 Å². The fraction of sp³-hybridized carbons (Fsp3) is 0.462. The first-order chi connectivity index (χ1) is 9.97. The lowest BCUT2D eigenvalue weighted by molar-refractivity contribution is -0.120. The monoisotopic (exact) mass is 332 g/mol. The molecule has 1 aliphatic rings. The molecule has 1 atom stereocenters. The van der Waals surface area contributed by atoms with Crippen molar-refractivity contribution in [1.29, 1.82) is 0 Å². The highest BCUT2D eigenvalue weighted by Gasteiger charge is 2.18. The first-order valence-corrected chi connectivity index (χ1v) is 8.47. The predicted octanol–water partition coefficient (Wildman–Crippen LogP) is 0.913. The molecule has 1 saturated heterocycles. The zero-order valence-electron chi connectivity index (χ0n) is 11.3. The molecule has 0 bridgehead atoms. The van der Waals surface area contributed by atoms with Crippen LogP contribution in [0, 0.1) is 0 Å². The van der Waals surface area contributed by atoms with Crippen LogP contribution in [0.5, 0.6) is 0 Å². The van der Waals surface area contributed by atoms with Crippen LogP contribution in [0.3, 0.4) is 0 Å². The molecule has 0 unspecified atom stereocenters. The number of benzene rings is 1. The van der Waals surface area contributed by atoms with Gasteiger partial charge in [-0.3, -0.25) is 4.79 Å². The molecular formula is C13H17ClN2O4S. The highest BCUT2D eigenvalue weighted by molar-refractivity contribution is 7.89. The van der Waals surface area contributed by atoms with Crippen LogP contribution in [0.2, 0.25) is 5.02 Å². The van der Waals surface area contributed by atoms with Crippen molar-refractivity contribution >= 4 is 27.5 Å². The number of amides is 1. The molecule has 0 radical (unpaired) electrons. The summed E-state index contributed by atoms with van der Waals surface area (Å²) in [4.78, 5) is 11.7. The van der Waals surface area contributed by atoms with Gasteiger partial charge in [0.25, 0.3) is 0 Å². The number of ether oxygens (including phenoxy) is 1. The molecule has 1 heterocycles. The van der Waals surface area contributed by atoms with E-state index in [1.165, 1.54) is 24.3 Å². The normalized spacial score (nSPS) is 18.6. The Morgan fingerprint density at radius 2 is 2.05 bits per heavy atom. The Labute approximate surface area is 128 Å². The van der Waals surface area contributed by atoms with Crippen LogP contribution in [0.15, 0.2) is 29.2 Å². The minimum atomic E-state index is -3.71. The third-order valence-corrected chi connectivity index (χ3v) is 4.77. The zero-order valence-corrected chi connectivity index (χ0v) is 12.9. The first kappa shape index (κ1) is 16.2. The Kier molecular flexibility index (Phi) is 5.58. The molecule has 2 rings (SSSR count). The van der Waals surface area contributed by atoms with Gasteiger partial charge in [0.15, 0.2) is 0 Å². The lowest BCUT2D eigenvalue weighted by Gasteiger charge is -2.11. The van der Waals surface area contributed by atoms with Gasteiger partial charge in [-0.15, -0.1) is 0 Å². The van der Waals surface area contributed by atoms with Crippen molar-refractivity contribution < 1.29 is 17.9 Å². The molecule has 0 saturated carbocycles. The molecule has 1 fully saturated rings. The summed E-state index contributed by atoms with van der Waals surface area (Å²) in [5.74, 6) is -0.386. The SMILES string of the molecule is O=C(CNS(=O)(=O)c1ccc(Cl)cc1)NC[C@@H]1CCCO1. The molecule has 0 aliphatic carbocycles. The summed E-state index contributed by atoms with van der Waals surface area (Å²) in [7, 11) is -3.71. The summed E-state index contributed by atoms with van der Waals surface area (Å²) in [5, 5.41) is 3.09. The van der Waals surface area contributed by atoms with Gasteiger partial charge in [0, 0.05) is 18.2 Å². The summed E-state index contributed by atoms with van der Waals surface area (Å²) < 4.78 is 31.5. The maximum Gasteiger partial charge on any atom is 0.241 e. The van der Waals surface area contributed by atoms with Crippen molar-refractivity contribution in [3.63, 3.8) is 0 Å². The number of halogens is 1. The minimum absolute atomic E-state index is 0.0295. The highest BCUT2D eigenvalue weighted by atomic mass is 35.5. The van der Waals surface area contributed by atoms with Crippen molar-refractivity contribution in [1.82, 2.24) is 10.0 Å². The van der Waals surface area contributed by atoms with Gasteiger partial charge in [0.2, 0.25) is 15.9 Å². The maximum atomic E-state index is 11.9. The third-order valence-electron chi connectivity index (χ3n) is 3.10. The Morgan fingerprint density at radius 1 is 1.33 bits per heavy atom. The van der Waals surface area contributed by atoms with Gasteiger partial charge in [-0.2, -0.15) is 0 Å². The molecule has 1 aromatic rings. The molecule has 8 heteroatoms. The average molecular weight is 333 g/mol. The summed E-state index contributed by atoms with van der Waals surface area (Å²) in [6.07, 6.45) is 1.93. The number of rotatable bonds is 6. The Bertz CT molecular complexity index is 583. The molecule has 21 heavy (non-hydrogen) atoms. The van der Waals surface area contributed by atoms with E-state index in [0.717, 1.165) is 12.8 Å². The smallest absolute Gasteiger partial charge is 0.241 e. The molecule has 0 spiro atoms. The topological polar surface area (TPSA) is 84.5 Å². The van der Waals surface area contributed by atoms with Crippen LogP contribution in [0.25, 0.3) is 0 Å². The quantitative estimate of drug-likeness (QED) is 0.811. The van der Waals surface area contributed by atoms with Crippen molar-refractivity contribution in [3.05, 3.63) is 29.3 Å². The van der Waals surface area contributed by atoms with Crippen LogP contribution < -0.4 is 10.0 Å². The zero-order chi connectivity index (χ0) is 15.3. The summed E-state index contributed by atoms with van der Waals surface area (Å²) in [6.45, 7) is 0.808. The van der Waals surface area contributed by atoms with E-state index in [9.17, 15) is 13.2 Å². The van der Waals surface area contributed by atoms with Gasteiger partial charge in [0.1, 0.15) is 0 Å². The second kappa shape index (κ2) is 7.22. The van der Waals surface area contributed by atoms with Crippen molar-refractivity contribution in [2.75, 3.05) is 19.7 Å². The third kappa shape index (κ3) is 4.96. The van der Waals surface area contributed by atoms with Gasteiger partial charge in [-0.05, 0) is 37.1 Å². The van der Waals surface area contributed by atoms with Gasteiger partial charge < -0.3 is 10.1 Å². The predicted molar refractivity (Wildman–Crippen MR) is 78.6 cm³/mol. The van der Waals surface area contributed by atoms with E-state index in [2.05, 4.69) is 10.0 Å².